The van der Waals surface area contributed by atoms with Gasteiger partial charge in [-0.2, -0.15) is 4.31 Å². The van der Waals surface area contributed by atoms with E-state index < -0.39 is 10.0 Å². The van der Waals surface area contributed by atoms with Crippen LogP contribution in [0.25, 0.3) is 0 Å². The summed E-state index contributed by atoms with van der Waals surface area (Å²) < 4.78 is 27.3. The highest BCUT2D eigenvalue weighted by Gasteiger charge is 2.35. The van der Waals surface area contributed by atoms with Crippen LogP contribution < -0.4 is 11.1 Å². The molecule has 0 atom stereocenters. The molecule has 1 aliphatic rings. The second-order valence-electron chi connectivity index (χ2n) is 7.61. The van der Waals surface area contributed by atoms with Gasteiger partial charge in [-0.05, 0) is 62.8 Å². The highest BCUT2D eigenvalue weighted by atomic mass is 32.2. The van der Waals surface area contributed by atoms with Gasteiger partial charge in [0.25, 0.3) is 0 Å². The Hall–Kier alpha value is -1.44. The number of nitrogens with zero attached hydrogens (tertiary/aromatic N) is 1. The van der Waals surface area contributed by atoms with Crippen LogP contribution in [0.2, 0.25) is 0 Å². The van der Waals surface area contributed by atoms with Crippen LogP contribution in [0.15, 0.2) is 23.1 Å². The van der Waals surface area contributed by atoms with E-state index in [1.807, 2.05) is 33.8 Å². The van der Waals surface area contributed by atoms with Crippen LogP contribution in [0.5, 0.6) is 0 Å². The molecule has 0 radical (unpaired) electrons. The van der Waals surface area contributed by atoms with Crippen molar-refractivity contribution in [3.8, 4) is 0 Å². The fraction of sp³-hybridized carbons (Fsp3) is 0.650. The molecule has 152 valence electrons. The number of nitrogens with one attached hydrogen (secondary N) is 1. The first-order valence-corrected chi connectivity index (χ1v) is 11.2. The average Bonchev–Trinajstić information content (AvgIpc) is 2.68. The Bertz CT molecular complexity index is 756. The van der Waals surface area contributed by atoms with E-state index in [4.69, 9.17) is 5.73 Å². The fourth-order valence-corrected chi connectivity index (χ4v) is 5.07. The molecule has 0 aliphatic carbocycles. The van der Waals surface area contributed by atoms with E-state index in [2.05, 4.69) is 5.32 Å². The van der Waals surface area contributed by atoms with Crippen molar-refractivity contribution in [2.75, 3.05) is 19.6 Å². The fourth-order valence-electron chi connectivity index (χ4n) is 3.51. The molecule has 0 bridgehead atoms. The maximum Gasteiger partial charge on any atom is 0.243 e. The zero-order valence-electron chi connectivity index (χ0n) is 16.9. The van der Waals surface area contributed by atoms with Crippen LogP contribution >= 0.6 is 0 Å². The molecule has 3 N–H and O–H groups in total. The number of nitrogens with two attached hydrogens (primary N) is 1. The zero-order valence-corrected chi connectivity index (χ0v) is 17.7. The summed E-state index contributed by atoms with van der Waals surface area (Å²) in [5, 5.41) is 3.12. The number of carbonyl (C=O) groups is 1. The Kier molecular flexibility index (Phi) is 7.05. The Balaban J connectivity index is 2.04. The molecule has 0 saturated carbocycles. The van der Waals surface area contributed by atoms with Gasteiger partial charge in [-0.3, -0.25) is 4.79 Å². The van der Waals surface area contributed by atoms with Crippen LogP contribution in [0.3, 0.4) is 0 Å². The number of hydrogen-bond acceptors (Lipinski definition) is 4. The van der Waals surface area contributed by atoms with Crippen LogP contribution in [0.1, 0.15) is 50.7 Å². The minimum absolute atomic E-state index is 0.00706. The lowest BCUT2D eigenvalue weighted by Crippen LogP contribution is -2.55. The maximum absolute atomic E-state index is 12.9. The van der Waals surface area contributed by atoms with Crippen LogP contribution in [0, 0.1) is 19.8 Å². The summed E-state index contributed by atoms with van der Waals surface area (Å²) in [6.45, 7) is 9.05. The molecule has 1 aromatic carbocycles. The maximum atomic E-state index is 12.9. The molecule has 0 aromatic heterocycles. The van der Waals surface area contributed by atoms with Gasteiger partial charge < -0.3 is 11.1 Å². The number of carbonyl (C=O) groups excluding carboxylic acids is 1. The van der Waals surface area contributed by atoms with E-state index in [1.165, 1.54) is 4.31 Å². The summed E-state index contributed by atoms with van der Waals surface area (Å²) in [6, 6.07) is 5.22. The lowest BCUT2D eigenvalue weighted by atomic mass is 9.90. The predicted molar refractivity (Wildman–Crippen MR) is 108 cm³/mol. The third kappa shape index (κ3) is 4.70. The van der Waals surface area contributed by atoms with E-state index in [1.54, 1.807) is 12.1 Å². The topological polar surface area (TPSA) is 92.5 Å². The lowest BCUT2D eigenvalue weighted by molar-refractivity contribution is -0.128. The van der Waals surface area contributed by atoms with Gasteiger partial charge in [0.15, 0.2) is 0 Å². The summed E-state index contributed by atoms with van der Waals surface area (Å²) >= 11 is 0. The van der Waals surface area contributed by atoms with Gasteiger partial charge in [0.1, 0.15) is 0 Å². The first kappa shape index (κ1) is 21.9. The minimum atomic E-state index is -3.52. The largest absolute Gasteiger partial charge is 0.349 e. The molecule has 1 aliphatic heterocycles. The van der Waals surface area contributed by atoms with Gasteiger partial charge in [-0.1, -0.05) is 19.9 Å². The van der Waals surface area contributed by atoms with E-state index in [-0.39, 0.29) is 17.4 Å². The number of piperidine rings is 1. The highest BCUT2D eigenvalue weighted by Crippen LogP contribution is 2.26. The van der Waals surface area contributed by atoms with Crippen molar-refractivity contribution >= 4 is 15.9 Å². The number of amides is 1. The smallest absolute Gasteiger partial charge is 0.243 e. The molecular weight excluding hydrogens is 362 g/mol. The van der Waals surface area contributed by atoms with Crippen molar-refractivity contribution in [2.24, 2.45) is 11.7 Å². The summed E-state index contributed by atoms with van der Waals surface area (Å²) in [6.07, 6.45) is 2.63. The molecule has 0 unspecified atom stereocenters. The van der Waals surface area contributed by atoms with Gasteiger partial charge in [-0.25, -0.2) is 8.42 Å². The zero-order chi connectivity index (χ0) is 20.2. The Morgan fingerprint density at radius 1 is 1.19 bits per heavy atom. The summed E-state index contributed by atoms with van der Waals surface area (Å²) in [4.78, 5) is 13.0. The predicted octanol–water partition coefficient (Wildman–Crippen LogP) is 2.34. The van der Waals surface area contributed by atoms with Crippen LogP contribution in [-0.2, 0) is 14.8 Å². The molecule has 7 heteroatoms. The van der Waals surface area contributed by atoms with Gasteiger partial charge in [0, 0.05) is 25.6 Å². The number of sulfonamides is 1. The third-order valence-corrected chi connectivity index (χ3v) is 7.97. The van der Waals surface area contributed by atoms with Gasteiger partial charge >= 0.3 is 0 Å². The Morgan fingerprint density at radius 3 is 2.26 bits per heavy atom. The number of hydrogen-bond donors (Lipinski definition) is 2. The summed E-state index contributed by atoms with van der Waals surface area (Å²) in [5.74, 6) is -0.174. The van der Waals surface area contributed by atoms with Gasteiger partial charge in [0.2, 0.25) is 15.9 Å². The molecule has 1 heterocycles. The SMILES string of the molecule is CCC(CC)(CN)NC(=O)C1CCN(S(=O)(=O)c2ccc(C)c(C)c2)CC1. The van der Waals surface area contributed by atoms with Crippen molar-refractivity contribution in [3.05, 3.63) is 29.3 Å². The molecule has 2 rings (SSSR count). The Morgan fingerprint density at radius 2 is 1.78 bits per heavy atom. The monoisotopic (exact) mass is 395 g/mol. The first-order chi connectivity index (χ1) is 12.7. The number of aryl methyl sites for hydroxylation is 2. The summed E-state index contributed by atoms with van der Waals surface area (Å²) in [5.41, 5.74) is 7.54. The van der Waals surface area contributed by atoms with E-state index in [0.717, 1.165) is 24.0 Å². The molecule has 1 aromatic rings. The molecule has 1 saturated heterocycles. The molecule has 27 heavy (non-hydrogen) atoms. The molecule has 1 amide bonds. The average molecular weight is 396 g/mol. The van der Waals surface area contributed by atoms with Crippen molar-refractivity contribution in [1.29, 1.82) is 0 Å². The second kappa shape index (κ2) is 8.71. The van der Waals surface area contributed by atoms with E-state index >= 15 is 0 Å². The van der Waals surface area contributed by atoms with Crippen molar-refractivity contribution in [3.63, 3.8) is 0 Å². The van der Waals surface area contributed by atoms with Gasteiger partial charge in [-0.15, -0.1) is 0 Å². The number of benzene rings is 1. The van der Waals surface area contributed by atoms with E-state index in [9.17, 15) is 13.2 Å². The molecule has 6 nitrogen and oxygen atoms in total. The summed E-state index contributed by atoms with van der Waals surface area (Å²) in [7, 11) is -3.52. The highest BCUT2D eigenvalue weighted by molar-refractivity contribution is 7.89. The minimum Gasteiger partial charge on any atom is -0.349 e. The van der Waals surface area contributed by atoms with Crippen molar-refractivity contribution < 1.29 is 13.2 Å². The Labute approximate surface area is 163 Å². The second-order valence-corrected chi connectivity index (χ2v) is 9.54. The standard InChI is InChI=1S/C20H33N3O3S/c1-5-20(6-2,14-21)22-19(24)17-9-11-23(12-10-17)27(25,26)18-8-7-15(3)16(4)13-18/h7-8,13,17H,5-6,9-12,14,21H2,1-4H3,(H,22,24). The normalized spacial score (nSPS) is 17.1. The van der Waals surface area contributed by atoms with Crippen LogP contribution in [0.4, 0.5) is 0 Å². The molecule has 1 fully saturated rings. The molecular formula is C20H33N3O3S. The van der Waals surface area contributed by atoms with E-state index in [0.29, 0.717) is 37.4 Å². The lowest BCUT2D eigenvalue weighted by Gasteiger charge is -2.35. The first-order valence-electron chi connectivity index (χ1n) is 9.78. The van der Waals surface area contributed by atoms with Gasteiger partial charge in [0.05, 0.1) is 10.4 Å². The quantitative estimate of drug-likeness (QED) is 0.741. The molecule has 0 spiro atoms. The number of rotatable bonds is 7. The van der Waals surface area contributed by atoms with Crippen LogP contribution in [-0.4, -0.2) is 43.8 Å². The van der Waals surface area contributed by atoms with Crippen molar-refractivity contribution in [2.45, 2.75) is 63.8 Å². The van der Waals surface area contributed by atoms with Crippen molar-refractivity contribution in [1.82, 2.24) is 9.62 Å². The third-order valence-electron chi connectivity index (χ3n) is 6.07.